The van der Waals surface area contributed by atoms with Gasteiger partial charge in [0.1, 0.15) is 10.8 Å². The highest BCUT2D eigenvalue weighted by Crippen LogP contribution is 2.38. The molecule has 0 amide bonds. The summed E-state index contributed by atoms with van der Waals surface area (Å²) in [5.74, 6) is 0.225. The van der Waals surface area contributed by atoms with Crippen LogP contribution >= 0.6 is 23.4 Å². The summed E-state index contributed by atoms with van der Waals surface area (Å²) in [6, 6.07) is 6.61. The largest absolute Gasteiger partial charge is 0.436 e. The van der Waals surface area contributed by atoms with E-state index in [4.69, 9.17) is 17.3 Å². The average molecular weight is 403 g/mol. The second-order valence-corrected chi connectivity index (χ2v) is 8.08. The van der Waals surface area contributed by atoms with Crippen LogP contribution in [0.25, 0.3) is 0 Å². The van der Waals surface area contributed by atoms with Gasteiger partial charge in [0, 0.05) is 28.5 Å². The van der Waals surface area contributed by atoms with Gasteiger partial charge in [-0.2, -0.15) is 13.2 Å². The molecule has 140 valence electrons. The van der Waals surface area contributed by atoms with Gasteiger partial charge in [-0.1, -0.05) is 29.4 Å². The molecule has 4 nitrogen and oxygen atoms in total. The lowest BCUT2D eigenvalue weighted by atomic mass is 9.91. The quantitative estimate of drug-likeness (QED) is 0.812. The maximum absolute atomic E-state index is 13.5. The molecule has 0 bridgehead atoms. The number of hydrogen-bond donors (Lipinski definition) is 1. The van der Waals surface area contributed by atoms with E-state index in [1.807, 2.05) is 6.92 Å². The molecule has 1 aromatic heterocycles. The predicted octanol–water partition coefficient (Wildman–Crippen LogP) is 4.62. The molecule has 2 heterocycles. The molecule has 0 saturated carbocycles. The molecule has 1 aliphatic heterocycles. The van der Waals surface area contributed by atoms with Crippen molar-refractivity contribution in [2.75, 3.05) is 18.0 Å². The lowest BCUT2D eigenvalue weighted by Crippen LogP contribution is -2.48. The number of piperidine rings is 1. The van der Waals surface area contributed by atoms with Crippen molar-refractivity contribution in [3.63, 3.8) is 0 Å². The Morgan fingerprint density at radius 1 is 1.27 bits per heavy atom. The van der Waals surface area contributed by atoms with E-state index in [-0.39, 0.29) is 16.4 Å². The van der Waals surface area contributed by atoms with Crippen molar-refractivity contribution in [1.82, 2.24) is 9.97 Å². The molecule has 3 rings (SSSR count). The Hall–Kier alpha value is -1.51. The zero-order valence-corrected chi connectivity index (χ0v) is 15.6. The molecule has 0 atom stereocenters. The number of nitrogens with zero attached hydrogens (tertiary/aromatic N) is 3. The van der Waals surface area contributed by atoms with Crippen molar-refractivity contribution < 1.29 is 13.2 Å². The van der Waals surface area contributed by atoms with E-state index in [0.717, 1.165) is 11.8 Å². The van der Waals surface area contributed by atoms with Crippen molar-refractivity contribution in [1.29, 1.82) is 0 Å². The number of halogens is 4. The van der Waals surface area contributed by atoms with E-state index in [1.165, 1.54) is 6.20 Å². The topological polar surface area (TPSA) is 55.0 Å². The van der Waals surface area contributed by atoms with Crippen LogP contribution in [0.4, 0.5) is 19.0 Å². The lowest BCUT2D eigenvalue weighted by molar-refractivity contribution is -0.143. The normalized spacial score (nSPS) is 17.4. The fraction of sp³-hybridized carbons (Fsp3) is 0.412. The standard InChI is InChI=1S/C17H18ClF3N4S/c1-16(22)5-7-25(8-6-16)13-10-23-15(14(24-13)17(19,20)21)26-12-4-2-3-11(18)9-12/h2-4,9-10H,5-8,22H2,1H3. The van der Waals surface area contributed by atoms with Crippen LogP contribution in [0.15, 0.2) is 40.4 Å². The second kappa shape index (κ2) is 7.25. The molecule has 1 saturated heterocycles. The van der Waals surface area contributed by atoms with Crippen molar-refractivity contribution >= 4 is 29.2 Å². The van der Waals surface area contributed by atoms with Crippen LogP contribution in [0.1, 0.15) is 25.5 Å². The number of benzene rings is 1. The lowest BCUT2D eigenvalue weighted by Gasteiger charge is -2.37. The predicted molar refractivity (Wildman–Crippen MR) is 96.6 cm³/mol. The Balaban J connectivity index is 1.89. The number of hydrogen-bond acceptors (Lipinski definition) is 5. The molecule has 1 fully saturated rings. The number of alkyl halides is 3. The summed E-state index contributed by atoms with van der Waals surface area (Å²) >= 11 is 6.80. The van der Waals surface area contributed by atoms with Crippen LogP contribution in [0.3, 0.4) is 0 Å². The summed E-state index contributed by atoms with van der Waals surface area (Å²) in [5.41, 5.74) is 4.81. The van der Waals surface area contributed by atoms with Crippen molar-refractivity contribution in [3.8, 4) is 0 Å². The Bertz CT molecular complexity index is 788. The van der Waals surface area contributed by atoms with Crippen molar-refractivity contribution in [2.24, 2.45) is 5.73 Å². The molecular formula is C17H18ClF3N4S. The van der Waals surface area contributed by atoms with Crippen molar-refractivity contribution in [3.05, 3.63) is 41.2 Å². The highest BCUT2D eigenvalue weighted by molar-refractivity contribution is 7.99. The van der Waals surface area contributed by atoms with E-state index in [2.05, 4.69) is 9.97 Å². The van der Waals surface area contributed by atoms with Gasteiger partial charge < -0.3 is 10.6 Å². The van der Waals surface area contributed by atoms with Crippen LogP contribution in [-0.2, 0) is 6.18 Å². The first-order valence-corrected chi connectivity index (χ1v) is 9.25. The van der Waals surface area contributed by atoms with Gasteiger partial charge in [-0.3, -0.25) is 0 Å². The van der Waals surface area contributed by atoms with E-state index in [0.29, 0.717) is 35.8 Å². The summed E-state index contributed by atoms with van der Waals surface area (Å²) < 4.78 is 40.6. The molecule has 0 aliphatic carbocycles. The number of anilines is 1. The second-order valence-electron chi connectivity index (χ2n) is 6.58. The third-order valence-corrected chi connectivity index (χ3v) is 5.45. The van der Waals surface area contributed by atoms with E-state index >= 15 is 0 Å². The molecule has 2 N–H and O–H groups in total. The van der Waals surface area contributed by atoms with Gasteiger partial charge in [0.15, 0.2) is 5.69 Å². The molecule has 1 aliphatic rings. The first-order valence-electron chi connectivity index (χ1n) is 8.06. The molecule has 0 radical (unpaired) electrons. The van der Waals surface area contributed by atoms with Gasteiger partial charge >= 0.3 is 6.18 Å². The Labute approximate surface area is 158 Å². The molecule has 1 aromatic carbocycles. The minimum absolute atomic E-state index is 0.191. The van der Waals surface area contributed by atoms with E-state index in [1.54, 1.807) is 29.2 Å². The highest BCUT2D eigenvalue weighted by atomic mass is 35.5. The van der Waals surface area contributed by atoms with E-state index in [9.17, 15) is 13.2 Å². The monoisotopic (exact) mass is 402 g/mol. The van der Waals surface area contributed by atoms with Gasteiger partial charge in [0.05, 0.1) is 6.20 Å². The SMILES string of the molecule is CC1(N)CCN(c2cnc(Sc3cccc(Cl)c3)c(C(F)(F)F)n2)CC1. The summed E-state index contributed by atoms with van der Waals surface area (Å²) in [6.07, 6.45) is -1.83. The minimum Gasteiger partial charge on any atom is -0.355 e. The van der Waals surface area contributed by atoms with Crippen LogP contribution in [0, 0.1) is 0 Å². The Morgan fingerprint density at radius 3 is 2.58 bits per heavy atom. The number of rotatable bonds is 3. The average Bonchev–Trinajstić information content (AvgIpc) is 2.54. The van der Waals surface area contributed by atoms with Gasteiger partial charge in [-0.05, 0) is 38.0 Å². The molecule has 0 unspecified atom stereocenters. The summed E-state index contributed by atoms with van der Waals surface area (Å²) in [6.45, 7) is 3.06. The fourth-order valence-electron chi connectivity index (χ4n) is 2.67. The van der Waals surface area contributed by atoms with Gasteiger partial charge in [0.25, 0.3) is 0 Å². The zero-order chi connectivity index (χ0) is 18.9. The maximum Gasteiger partial charge on any atom is 0.436 e. The Kier molecular flexibility index (Phi) is 5.37. The van der Waals surface area contributed by atoms with E-state index < -0.39 is 11.9 Å². The third kappa shape index (κ3) is 4.61. The van der Waals surface area contributed by atoms with Crippen LogP contribution in [0.5, 0.6) is 0 Å². The molecule has 9 heteroatoms. The Morgan fingerprint density at radius 2 is 1.96 bits per heavy atom. The van der Waals surface area contributed by atoms with Gasteiger partial charge in [0.2, 0.25) is 0 Å². The smallest absolute Gasteiger partial charge is 0.355 e. The van der Waals surface area contributed by atoms with Crippen LogP contribution in [0.2, 0.25) is 5.02 Å². The maximum atomic E-state index is 13.5. The third-order valence-electron chi connectivity index (χ3n) is 4.23. The van der Waals surface area contributed by atoms with Crippen LogP contribution < -0.4 is 10.6 Å². The summed E-state index contributed by atoms with van der Waals surface area (Å²) in [4.78, 5) is 10.3. The summed E-state index contributed by atoms with van der Waals surface area (Å²) in [5, 5.41) is 0.260. The zero-order valence-electron chi connectivity index (χ0n) is 14.1. The van der Waals surface area contributed by atoms with Crippen molar-refractivity contribution in [2.45, 2.75) is 41.4 Å². The highest BCUT2D eigenvalue weighted by Gasteiger charge is 2.38. The summed E-state index contributed by atoms with van der Waals surface area (Å²) in [7, 11) is 0. The molecule has 0 spiro atoms. The van der Waals surface area contributed by atoms with Crippen LogP contribution in [-0.4, -0.2) is 28.6 Å². The number of aromatic nitrogens is 2. The molecule has 2 aromatic rings. The first-order chi connectivity index (χ1) is 12.1. The number of nitrogens with two attached hydrogens (primary N) is 1. The fourth-order valence-corrected chi connectivity index (χ4v) is 3.84. The molecule has 26 heavy (non-hydrogen) atoms. The van der Waals surface area contributed by atoms with Gasteiger partial charge in [-0.15, -0.1) is 0 Å². The first kappa shape index (κ1) is 19.3. The van der Waals surface area contributed by atoms with Gasteiger partial charge in [-0.25, -0.2) is 9.97 Å². The minimum atomic E-state index is -4.60. The molecular weight excluding hydrogens is 385 g/mol.